The Morgan fingerprint density at radius 2 is 2.19 bits per heavy atom. The molecule has 1 fully saturated rings. The molecule has 0 bridgehead atoms. The summed E-state index contributed by atoms with van der Waals surface area (Å²) < 4.78 is 6.19. The molecule has 0 unspecified atom stereocenters. The van der Waals surface area contributed by atoms with E-state index in [1.54, 1.807) is 0 Å². The van der Waals surface area contributed by atoms with Gasteiger partial charge in [0, 0.05) is 5.56 Å². The summed E-state index contributed by atoms with van der Waals surface area (Å²) in [4.78, 5) is 15.8. The molecule has 0 radical (unpaired) electrons. The van der Waals surface area contributed by atoms with Crippen LogP contribution in [0.25, 0.3) is 5.57 Å². The van der Waals surface area contributed by atoms with Crippen LogP contribution < -0.4 is 10.5 Å². The van der Waals surface area contributed by atoms with Gasteiger partial charge in [0.05, 0.1) is 18.7 Å². The number of nitrogens with zero attached hydrogens (tertiary/aromatic N) is 1. The zero-order valence-electron chi connectivity index (χ0n) is 12.3. The molecule has 2 rings (SSSR count). The molecule has 0 aromatic carbocycles. The number of pyridine rings is 1. The molecule has 114 valence electrons. The summed E-state index contributed by atoms with van der Waals surface area (Å²) >= 11 is 3.44. The summed E-state index contributed by atoms with van der Waals surface area (Å²) in [5, 5.41) is 0. The predicted molar refractivity (Wildman–Crippen MR) is 87.0 cm³/mol. The number of hydrogen-bond donors (Lipinski definition) is 1. The fourth-order valence-electron chi connectivity index (χ4n) is 2.82. The maximum atomic E-state index is 11.3. The first kappa shape index (κ1) is 16.0. The largest absolute Gasteiger partial charge is 0.491 e. The molecule has 1 aliphatic rings. The van der Waals surface area contributed by atoms with Gasteiger partial charge < -0.3 is 10.5 Å². The Balaban J connectivity index is 2.36. The molecule has 0 atom stereocenters. The lowest BCUT2D eigenvalue weighted by molar-refractivity contribution is -0.117. The Hall–Kier alpha value is -1.36. The normalized spacial score (nSPS) is 15.1. The molecule has 1 amide bonds. The zero-order chi connectivity index (χ0) is 15.4. The average Bonchev–Trinajstić information content (AvgIpc) is 2.95. The highest BCUT2D eigenvalue weighted by atomic mass is 79.9. The van der Waals surface area contributed by atoms with Crippen LogP contribution in [0.5, 0.6) is 5.75 Å². The minimum Gasteiger partial charge on any atom is -0.491 e. The molecule has 0 saturated heterocycles. The molecule has 1 aromatic rings. The van der Waals surface area contributed by atoms with Gasteiger partial charge in [-0.2, -0.15) is 0 Å². The van der Waals surface area contributed by atoms with Crippen LogP contribution in [0.2, 0.25) is 0 Å². The lowest BCUT2D eigenvalue weighted by Gasteiger charge is -2.17. The molecule has 4 nitrogen and oxygen atoms in total. The number of hydrogen-bond acceptors (Lipinski definition) is 3. The van der Waals surface area contributed by atoms with Gasteiger partial charge in [-0.1, -0.05) is 19.4 Å². The SMILES string of the molecule is C=C(c1cc(CC(N)=O)c(OCC)c(Br)n1)C1CCCC1. The number of primary amides is 1. The fourth-order valence-corrected chi connectivity index (χ4v) is 3.38. The summed E-state index contributed by atoms with van der Waals surface area (Å²) in [6.45, 7) is 6.61. The van der Waals surface area contributed by atoms with E-state index < -0.39 is 0 Å². The Bertz CT molecular complexity index is 551. The minimum absolute atomic E-state index is 0.140. The standard InChI is InChI=1S/C16H21BrN2O2/c1-3-21-15-12(9-14(18)20)8-13(19-16(15)17)10(2)11-6-4-5-7-11/h8,11H,2-7,9H2,1H3,(H2,18,20). The van der Waals surface area contributed by atoms with Crippen LogP contribution in [0, 0.1) is 5.92 Å². The molecule has 0 aliphatic heterocycles. The number of ether oxygens (including phenoxy) is 1. The number of amides is 1. The molecular weight excluding hydrogens is 332 g/mol. The zero-order valence-corrected chi connectivity index (χ0v) is 13.9. The first-order chi connectivity index (χ1) is 10.0. The lowest BCUT2D eigenvalue weighted by atomic mass is 9.95. The van der Waals surface area contributed by atoms with Gasteiger partial charge in [0.25, 0.3) is 0 Å². The molecule has 1 aromatic heterocycles. The smallest absolute Gasteiger partial charge is 0.221 e. The van der Waals surface area contributed by atoms with Crippen molar-refractivity contribution in [3.05, 3.63) is 28.5 Å². The number of carbonyl (C=O) groups is 1. The Morgan fingerprint density at radius 3 is 2.76 bits per heavy atom. The van der Waals surface area contributed by atoms with Crippen molar-refractivity contribution < 1.29 is 9.53 Å². The van der Waals surface area contributed by atoms with Crippen molar-refractivity contribution in [3.63, 3.8) is 0 Å². The second-order valence-electron chi connectivity index (χ2n) is 5.37. The van der Waals surface area contributed by atoms with Gasteiger partial charge in [-0.15, -0.1) is 0 Å². The Kier molecular flexibility index (Phi) is 5.39. The number of carbonyl (C=O) groups excluding carboxylic acids is 1. The fraction of sp³-hybridized carbons (Fsp3) is 0.500. The molecule has 1 saturated carbocycles. The highest BCUT2D eigenvalue weighted by Gasteiger charge is 2.22. The summed E-state index contributed by atoms with van der Waals surface area (Å²) in [7, 11) is 0. The van der Waals surface area contributed by atoms with Crippen LogP contribution in [0.15, 0.2) is 17.2 Å². The summed E-state index contributed by atoms with van der Waals surface area (Å²) in [6, 6.07) is 1.89. The third kappa shape index (κ3) is 3.84. The van der Waals surface area contributed by atoms with Crippen LogP contribution in [0.3, 0.4) is 0 Å². The van der Waals surface area contributed by atoms with Crippen molar-refractivity contribution in [2.24, 2.45) is 11.7 Å². The van der Waals surface area contributed by atoms with E-state index in [4.69, 9.17) is 10.5 Å². The second kappa shape index (κ2) is 7.07. The van der Waals surface area contributed by atoms with E-state index in [2.05, 4.69) is 27.5 Å². The molecule has 1 heterocycles. The third-order valence-electron chi connectivity index (χ3n) is 3.84. The van der Waals surface area contributed by atoms with Gasteiger partial charge in [-0.25, -0.2) is 4.98 Å². The second-order valence-corrected chi connectivity index (χ2v) is 6.12. The van der Waals surface area contributed by atoms with E-state index in [1.165, 1.54) is 12.8 Å². The van der Waals surface area contributed by atoms with E-state index >= 15 is 0 Å². The quantitative estimate of drug-likeness (QED) is 0.797. The molecule has 2 N–H and O–H groups in total. The summed E-state index contributed by atoms with van der Waals surface area (Å²) in [5.74, 6) is 0.703. The minimum atomic E-state index is -0.383. The van der Waals surface area contributed by atoms with Gasteiger partial charge in [0.15, 0.2) is 5.75 Å². The number of aromatic nitrogens is 1. The monoisotopic (exact) mass is 352 g/mol. The van der Waals surface area contributed by atoms with Gasteiger partial charge in [-0.3, -0.25) is 4.79 Å². The van der Waals surface area contributed by atoms with E-state index in [1.807, 2.05) is 13.0 Å². The van der Waals surface area contributed by atoms with Crippen molar-refractivity contribution in [2.75, 3.05) is 6.61 Å². The molecular formula is C16H21BrN2O2. The van der Waals surface area contributed by atoms with Crippen molar-refractivity contribution in [2.45, 2.75) is 39.0 Å². The van der Waals surface area contributed by atoms with Crippen LogP contribution >= 0.6 is 15.9 Å². The summed E-state index contributed by atoms with van der Waals surface area (Å²) in [6.07, 6.45) is 4.96. The number of allylic oxidation sites excluding steroid dienone is 1. The molecule has 0 spiro atoms. The van der Waals surface area contributed by atoms with Gasteiger partial charge in [0.2, 0.25) is 5.91 Å². The van der Waals surface area contributed by atoms with E-state index in [9.17, 15) is 4.79 Å². The summed E-state index contributed by atoms with van der Waals surface area (Å²) in [5.41, 5.74) is 7.97. The van der Waals surface area contributed by atoms with E-state index in [-0.39, 0.29) is 12.3 Å². The first-order valence-electron chi connectivity index (χ1n) is 7.32. The topological polar surface area (TPSA) is 65.2 Å². The number of nitrogens with two attached hydrogens (primary N) is 1. The van der Waals surface area contributed by atoms with Crippen LogP contribution in [-0.2, 0) is 11.2 Å². The van der Waals surface area contributed by atoms with E-state index in [0.29, 0.717) is 22.9 Å². The van der Waals surface area contributed by atoms with Gasteiger partial charge in [0.1, 0.15) is 4.60 Å². The van der Waals surface area contributed by atoms with Crippen LogP contribution in [0.1, 0.15) is 43.9 Å². The average molecular weight is 353 g/mol. The Labute approximate surface area is 133 Å². The van der Waals surface area contributed by atoms with Crippen molar-refractivity contribution >= 4 is 27.4 Å². The van der Waals surface area contributed by atoms with Crippen LogP contribution in [-0.4, -0.2) is 17.5 Å². The van der Waals surface area contributed by atoms with Crippen molar-refractivity contribution in [1.29, 1.82) is 0 Å². The maximum Gasteiger partial charge on any atom is 0.221 e. The van der Waals surface area contributed by atoms with Crippen LogP contribution in [0.4, 0.5) is 0 Å². The molecule has 5 heteroatoms. The lowest BCUT2D eigenvalue weighted by Crippen LogP contribution is -2.15. The highest BCUT2D eigenvalue weighted by Crippen LogP contribution is 2.37. The molecule has 1 aliphatic carbocycles. The Morgan fingerprint density at radius 1 is 1.52 bits per heavy atom. The number of halogens is 1. The molecule has 21 heavy (non-hydrogen) atoms. The number of rotatable bonds is 6. The third-order valence-corrected chi connectivity index (χ3v) is 4.38. The van der Waals surface area contributed by atoms with Crippen molar-refractivity contribution in [3.8, 4) is 5.75 Å². The van der Waals surface area contributed by atoms with Gasteiger partial charge in [-0.05, 0) is 53.3 Å². The van der Waals surface area contributed by atoms with Gasteiger partial charge >= 0.3 is 0 Å². The van der Waals surface area contributed by atoms with E-state index in [0.717, 1.165) is 29.7 Å². The van der Waals surface area contributed by atoms with Crippen molar-refractivity contribution in [1.82, 2.24) is 4.98 Å². The maximum absolute atomic E-state index is 11.3. The first-order valence-corrected chi connectivity index (χ1v) is 8.12. The predicted octanol–water partition coefficient (Wildman–Crippen LogP) is 3.47. The highest BCUT2D eigenvalue weighted by molar-refractivity contribution is 9.10.